The van der Waals surface area contributed by atoms with Gasteiger partial charge in [-0.05, 0) is 58.3 Å². The number of fused-ring (bicyclic) bond motifs is 1. The molecule has 102 valence electrons. The Morgan fingerprint density at radius 2 is 2.05 bits per heavy atom. The van der Waals surface area contributed by atoms with E-state index in [1.54, 1.807) is 6.20 Å². The summed E-state index contributed by atoms with van der Waals surface area (Å²) in [5, 5.41) is 0.754. The Labute approximate surface area is 134 Å². The van der Waals surface area contributed by atoms with Crippen LogP contribution in [0.25, 0.3) is 11.2 Å². The fraction of sp³-hybridized carbons (Fsp3) is 0.143. The molecule has 3 aromatic rings. The maximum atomic E-state index is 5.89. The number of nitrogens with zero attached hydrogens (tertiary/aromatic N) is 2. The molecule has 0 fully saturated rings. The summed E-state index contributed by atoms with van der Waals surface area (Å²) in [7, 11) is 0. The average molecular weight is 369 g/mol. The topological polar surface area (TPSA) is 33.6 Å². The molecule has 0 saturated heterocycles. The van der Waals surface area contributed by atoms with E-state index in [4.69, 9.17) is 23.8 Å². The number of nitrogens with one attached hydrogen (secondary N) is 1. The van der Waals surface area contributed by atoms with Gasteiger partial charge in [0.05, 0.1) is 5.52 Å². The first-order valence-corrected chi connectivity index (χ1v) is 7.70. The molecule has 6 heteroatoms. The molecule has 0 radical (unpaired) electrons. The quantitative estimate of drug-likeness (QED) is 0.677. The molecule has 1 N–H and O–H groups in total. The Balaban J connectivity index is 1.89. The first-order chi connectivity index (χ1) is 9.63. The summed E-state index contributed by atoms with van der Waals surface area (Å²) in [6, 6.07) is 9.86. The van der Waals surface area contributed by atoms with Gasteiger partial charge in [-0.15, -0.1) is 0 Å². The lowest BCUT2D eigenvalue weighted by atomic mass is 10.1. The summed E-state index contributed by atoms with van der Waals surface area (Å²) in [6.45, 7) is 0.787. The fourth-order valence-corrected chi connectivity index (χ4v) is 2.86. The third-order valence-electron chi connectivity index (χ3n) is 3.11. The van der Waals surface area contributed by atoms with Gasteiger partial charge >= 0.3 is 0 Å². The van der Waals surface area contributed by atoms with E-state index in [-0.39, 0.29) is 0 Å². The Hall–Kier alpha value is -1.17. The highest BCUT2D eigenvalue weighted by Crippen LogP contribution is 2.18. The molecule has 0 saturated carbocycles. The van der Waals surface area contributed by atoms with E-state index in [0.717, 1.165) is 33.6 Å². The summed E-state index contributed by atoms with van der Waals surface area (Å²) >= 11 is 14.7. The molecule has 3 nitrogen and oxygen atoms in total. The van der Waals surface area contributed by atoms with E-state index in [2.05, 4.69) is 25.9 Å². The van der Waals surface area contributed by atoms with Crippen molar-refractivity contribution < 1.29 is 0 Å². The fourth-order valence-electron chi connectivity index (χ4n) is 2.12. The molecular formula is C14H11BrClN3S. The first-order valence-electron chi connectivity index (χ1n) is 6.12. The van der Waals surface area contributed by atoms with Crippen LogP contribution in [0, 0.1) is 4.77 Å². The predicted octanol–water partition coefficient (Wildman–Crippen LogP) is 4.75. The van der Waals surface area contributed by atoms with Gasteiger partial charge in [-0.25, -0.2) is 4.98 Å². The number of pyridine rings is 1. The van der Waals surface area contributed by atoms with Crippen molar-refractivity contribution >= 4 is 50.9 Å². The molecule has 0 atom stereocenters. The van der Waals surface area contributed by atoms with E-state index in [1.807, 2.05) is 34.9 Å². The standard InChI is InChI=1S/C14H11BrClN3S/c15-10-7-12-13(17-8-10)19(14(20)18-12)6-5-9-1-3-11(16)4-2-9/h1-4,7-8H,5-6H2,(H,18,20). The number of aromatic nitrogens is 3. The maximum absolute atomic E-state index is 5.89. The van der Waals surface area contributed by atoms with Crippen molar-refractivity contribution in [1.82, 2.24) is 14.5 Å². The van der Waals surface area contributed by atoms with Crippen LogP contribution in [-0.2, 0) is 13.0 Å². The maximum Gasteiger partial charge on any atom is 0.179 e. The zero-order chi connectivity index (χ0) is 14.1. The highest BCUT2D eigenvalue weighted by Gasteiger charge is 2.06. The molecule has 0 bridgehead atoms. The first kappa shape index (κ1) is 13.8. The zero-order valence-electron chi connectivity index (χ0n) is 10.4. The van der Waals surface area contributed by atoms with Crippen LogP contribution in [0.2, 0.25) is 5.02 Å². The Bertz CT molecular complexity index is 807. The van der Waals surface area contributed by atoms with Crippen LogP contribution in [0.15, 0.2) is 41.0 Å². The Morgan fingerprint density at radius 3 is 2.80 bits per heavy atom. The average Bonchev–Trinajstić information content (AvgIpc) is 2.73. The monoisotopic (exact) mass is 367 g/mol. The third-order valence-corrected chi connectivity index (χ3v) is 4.12. The van der Waals surface area contributed by atoms with Crippen molar-refractivity contribution in [3.05, 3.63) is 56.4 Å². The molecule has 2 heterocycles. The number of halogens is 2. The third kappa shape index (κ3) is 2.80. The van der Waals surface area contributed by atoms with Gasteiger partial charge in [-0.1, -0.05) is 23.7 Å². The van der Waals surface area contributed by atoms with E-state index < -0.39 is 0 Å². The van der Waals surface area contributed by atoms with Gasteiger partial charge in [-0.3, -0.25) is 0 Å². The summed E-state index contributed by atoms with van der Waals surface area (Å²) in [5.74, 6) is 0. The van der Waals surface area contributed by atoms with E-state index in [0.29, 0.717) is 4.77 Å². The zero-order valence-corrected chi connectivity index (χ0v) is 13.6. The van der Waals surface area contributed by atoms with Crippen molar-refractivity contribution in [3.8, 4) is 0 Å². The number of benzene rings is 1. The lowest BCUT2D eigenvalue weighted by Gasteiger charge is -2.04. The summed E-state index contributed by atoms with van der Waals surface area (Å²) in [5.41, 5.74) is 3.05. The second kappa shape index (κ2) is 5.68. The molecule has 2 aromatic heterocycles. The van der Waals surface area contributed by atoms with Crippen molar-refractivity contribution in [1.29, 1.82) is 0 Å². The lowest BCUT2D eigenvalue weighted by molar-refractivity contribution is 0.700. The number of H-pyrrole nitrogens is 1. The Kier molecular flexibility index (Phi) is 3.92. The van der Waals surface area contributed by atoms with Crippen molar-refractivity contribution in [2.75, 3.05) is 0 Å². The molecule has 0 unspecified atom stereocenters. The van der Waals surface area contributed by atoms with Gasteiger partial charge in [0.1, 0.15) is 0 Å². The van der Waals surface area contributed by atoms with Crippen molar-refractivity contribution in [2.45, 2.75) is 13.0 Å². The van der Waals surface area contributed by atoms with Crippen LogP contribution >= 0.6 is 39.7 Å². The molecule has 3 rings (SSSR count). The van der Waals surface area contributed by atoms with Crippen molar-refractivity contribution in [3.63, 3.8) is 0 Å². The van der Waals surface area contributed by atoms with Gasteiger partial charge < -0.3 is 9.55 Å². The second-order valence-corrected chi connectivity index (χ2v) is 6.22. The molecule has 0 aliphatic carbocycles. The minimum absolute atomic E-state index is 0.694. The van der Waals surface area contributed by atoms with E-state index >= 15 is 0 Å². The number of rotatable bonds is 3. The number of imidazole rings is 1. The number of hydrogen-bond donors (Lipinski definition) is 1. The number of hydrogen-bond acceptors (Lipinski definition) is 2. The molecule has 0 spiro atoms. The second-order valence-electron chi connectivity index (χ2n) is 4.48. The van der Waals surface area contributed by atoms with E-state index in [1.165, 1.54) is 5.56 Å². The molecule has 0 amide bonds. The molecule has 0 aliphatic rings. The molecule has 0 aliphatic heterocycles. The lowest BCUT2D eigenvalue weighted by Crippen LogP contribution is -2.02. The van der Waals surface area contributed by atoms with Crippen LogP contribution in [0.1, 0.15) is 5.56 Å². The van der Waals surface area contributed by atoms with Crippen LogP contribution in [0.4, 0.5) is 0 Å². The predicted molar refractivity (Wildman–Crippen MR) is 87.8 cm³/mol. The minimum Gasteiger partial charge on any atom is -0.329 e. The van der Waals surface area contributed by atoms with Crippen LogP contribution < -0.4 is 0 Å². The minimum atomic E-state index is 0.694. The summed E-state index contributed by atoms with van der Waals surface area (Å²) in [4.78, 5) is 7.60. The van der Waals surface area contributed by atoms with Gasteiger partial charge in [0, 0.05) is 22.2 Å². The SMILES string of the molecule is S=c1[nH]c2cc(Br)cnc2n1CCc1ccc(Cl)cc1. The highest BCUT2D eigenvalue weighted by molar-refractivity contribution is 9.10. The van der Waals surface area contributed by atoms with Crippen molar-refractivity contribution in [2.24, 2.45) is 0 Å². The largest absolute Gasteiger partial charge is 0.329 e. The number of aromatic amines is 1. The summed E-state index contributed by atoms with van der Waals surface area (Å²) < 4.78 is 3.65. The van der Waals surface area contributed by atoms with E-state index in [9.17, 15) is 0 Å². The molecule has 20 heavy (non-hydrogen) atoms. The number of aryl methyl sites for hydroxylation is 2. The molecular weight excluding hydrogens is 358 g/mol. The molecule has 1 aromatic carbocycles. The summed E-state index contributed by atoms with van der Waals surface area (Å²) in [6.07, 6.45) is 2.67. The van der Waals surface area contributed by atoms with Gasteiger partial charge in [-0.2, -0.15) is 0 Å². The smallest absolute Gasteiger partial charge is 0.179 e. The van der Waals surface area contributed by atoms with Crippen LogP contribution in [-0.4, -0.2) is 14.5 Å². The highest BCUT2D eigenvalue weighted by atomic mass is 79.9. The van der Waals surface area contributed by atoms with Crippen LogP contribution in [0.3, 0.4) is 0 Å². The van der Waals surface area contributed by atoms with Gasteiger partial charge in [0.2, 0.25) is 0 Å². The van der Waals surface area contributed by atoms with Gasteiger partial charge in [0.25, 0.3) is 0 Å². The van der Waals surface area contributed by atoms with Crippen LogP contribution in [0.5, 0.6) is 0 Å². The van der Waals surface area contributed by atoms with Gasteiger partial charge in [0.15, 0.2) is 10.4 Å². The Morgan fingerprint density at radius 1 is 1.30 bits per heavy atom. The normalized spacial score (nSPS) is 11.1.